The van der Waals surface area contributed by atoms with E-state index in [0.717, 1.165) is 6.42 Å². The molecule has 0 saturated heterocycles. The summed E-state index contributed by atoms with van der Waals surface area (Å²) in [4.78, 5) is 28.4. The molecule has 2 aromatic rings. The minimum atomic E-state index is -0.138. The van der Waals surface area contributed by atoms with Gasteiger partial charge in [-0.3, -0.25) is 14.2 Å². The molecule has 0 saturated carbocycles. The van der Waals surface area contributed by atoms with E-state index in [4.69, 9.17) is 5.11 Å². The first-order valence-corrected chi connectivity index (χ1v) is 7.50. The number of hydrogen-bond donors (Lipinski definition) is 2. The number of amides is 1. The maximum absolute atomic E-state index is 12.3. The Morgan fingerprint density at radius 1 is 1.41 bits per heavy atom. The largest absolute Gasteiger partial charge is 0.396 e. The van der Waals surface area contributed by atoms with Crippen LogP contribution in [-0.2, 0) is 11.3 Å². The summed E-state index contributed by atoms with van der Waals surface area (Å²) in [5.41, 5.74) is 0.517. The fourth-order valence-corrected chi connectivity index (χ4v) is 2.32. The fourth-order valence-electron chi connectivity index (χ4n) is 2.32. The molecule has 0 radical (unpaired) electrons. The summed E-state index contributed by atoms with van der Waals surface area (Å²) in [6.45, 7) is 2.29. The average molecular weight is 303 g/mol. The molecule has 1 heterocycles. The third-order valence-corrected chi connectivity index (χ3v) is 3.65. The Bertz CT molecular complexity index is 696. The summed E-state index contributed by atoms with van der Waals surface area (Å²) in [6, 6.07) is 7.12. The molecule has 22 heavy (non-hydrogen) atoms. The van der Waals surface area contributed by atoms with Crippen LogP contribution in [0.1, 0.15) is 26.2 Å². The number of aliphatic hydroxyl groups is 1. The average Bonchev–Trinajstić information content (AvgIpc) is 2.54. The fraction of sp³-hybridized carbons (Fsp3) is 0.438. The molecule has 118 valence electrons. The van der Waals surface area contributed by atoms with E-state index in [1.807, 2.05) is 13.0 Å². The highest BCUT2D eigenvalue weighted by Gasteiger charge is 2.10. The highest BCUT2D eigenvalue weighted by molar-refractivity contribution is 5.77. The number of hydrogen-bond acceptors (Lipinski definition) is 4. The lowest BCUT2D eigenvalue weighted by Gasteiger charge is -2.15. The van der Waals surface area contributed by atoms with Crippen molar-refractivity contribution in [3.05, 3.63) is 40.9 Å². The molecule has 6 nitrogen and oxygen atoms in total. The molecule has 1 unspecified atom stereocenters. The summed E-state index contributed by atoms with van der Waals surface area (Å²) in [5.74, 6) is -0.125. The predicted molar refractivity (Wildman–Crippen MR) is 84.5 cm³/mol. The number of aliphatic hydroxyl groups excluding tert-OH is 1. The lowest BCUT2D eigenvalue weighted by atomic mass is 10.1. The zero-order chi connectivity index (χ0) is 15.9. The third kappa shape index (κ3) is 3.92. The quantitative estimate of drug-likeness (QED) is 0.801. The maximum Gasteiger partial charge on any atom is 0.261 e. The van der Waals surface area contributed by atoms with Crippen molar-refractivity contribution in [1.82, 2.24) is 14.9 Å². The van der Waals surface area contributed by atoms with E-state index in [1.54, 1.807) is 18.2 Å². The first kappa shape index (κ1) is 16.2. The Balaban J connectivity index is 2.01. The van der Waals surface area contributed by atoms with Crippen molar-refractivity contribution in [2.24, 2.45) is 0 Å². The minimum Gasteiger partial charge on any atom is -0.396 e. The SMILES string of the molecule is CCC(CCO)NC(=O)CCn1cnc2ccccc2c1=O. The van der Waals surface area contributed by atoms with Gasteiger partial charge in [-0.05, 0) is 25.0 Å². The lowest BCUT2D eigenvalue weighted by molar-refractivity contribution is -0.122. The lowest BCUT2D eigenvalue weighted by Crippen LogP contribution is -2.36. The molecule has 2 rings (SSSR count). The highest BCUT2D eigenvalue weighted by Crippen LogP contribution is 2.05. The molecule has 0 aliphatic rings. The number of aryl methyl sites for hydroxylation is 1. The zero-order valence-electron chi connectivity index (χ0n) is 12.7. The van der Waals surface area contributed by atoms with E-state index in [0.29, 0.717) is 17.3 Å². The summed E-state index contributed by atoms with van der Waals surface area (Å²) in [6.07, 6.45) is 2.99. The number of fused-ring (bicyclic) bond motifs is 1. The number of aromatic nitrogens is 2. The second kappa shape index (κ2) is 7.70. The van der Waals surface area contributed by atoms with Crippen molar-refractivity contribution in [2.45, 2.75) is 38.8 Å². The van der Waals surface area contributed by atoms with E-state index < -0.39 is 0 Å². The molecule has 1 aromatic carbocycles. The molecular weight excluding hydrogens is 282 g/mol. The smallest absolute Gasteiger partial charge is 0.261 e. The molecule has 0 aliphatic heterocycles. The predicted octanol–water partition coefficient (Wildman–Crippen LogP) is 1.06. The first-order valence-electron chi connectivity index (χ1n) is 7.50. The van der Waals surface area contributed by atoms with Crippen molar-refractivity contribution >= 4 is 16.8 Å². The van der Waals surface area contributed by atoms with Crippen LogP contribution in [0.25, 0.3) is 10.9 Å². The van der Waals surface area contributed by atoms with Crippen LogP contribution in [0.15, 0.2) is 35.4 Å². The summed E-state index contributed by atoms with van der Waals surface area (Å²) in [5, 5.41) is 12.3. The number of rotatable bonds is 7. The number of carbonyl (C=O) groups is 1. The molecule has 2 N–H and O–H groups in total. The van der Waals surface area contributed by atoms with Crippen LogP contribution in [-0.4, -0.2) is 33.2 Å². The van der Waals surface area contributed by atoms with Crippen LogP contribution in [0.5, 0.6) is 0 Å². The first-order chi connectivity index (χ1) is 10.7. The second-order valence-electron chi connectivity index (χ2n) is 5.20. The van der Waals surface area contributed by atoms with Crippen LogP contribution < -0.4 is 10.9 Å². The van der Waals surface area contributed by atoms with Gasteiger partial charge >= 0.3 is 0 Å². The van der Waals surface area contributed by atoms with Crippen molar-refractivity contribution < 1.29 is 9.90 Å². The van der Waals surface area contributed by atoms with Crippen LogP contribution in [0.2, 0.25) is 0 Å². The highest BCUT2D eigenvalue weighted by atomic mass is 16.3. The van der Waals surface area contributed by atoms with Gasteiger partial charge in [0.25, 0.3) is 5.56 Å². The van der Waals surface area contributed by atoms with Gasteiger partial charge in [0.05, 0.1) is 17.2 Å². The topological polar surface area (TPSA) is 84.2 Å². The molecule has 1 atom stereocenters. The van der Waals surface area contributed by atoms with E-state index >= 15 is 0 Å². The number of carbonyl (C=O) groups excluding carboxylic acids is 1. The van der Waals surface area contributed by atoms with Crippen molar-refractivity contribution in [2.75, 3.05) is 6.61 Å². The van der Waals surface area contributed by atoms with Gasteiger partial charge in [-0.1, -0.05) is 19.1 Å². The molecule has 0 bridgehead atoms. The molecule has 0 aliphatic carbocycles. The van der Waals surface area contributed by atoms with E-state index in [9.17, 15) is 9.59 Å². The maximum atomic E-state index is 12.3. The van der Waals surface area contributed by atoms with Gasteiger partial charge in [-0.25, -0.2) is 4.98 Å². The van der Waals surface area contributed by atoms with Crippen LogP contribution in [0.3, 0.4) is 0 Å². The molecule has 0 spiro atoms. The Labute approximate surface area is 128 Å². The summed E-state index contributed by atoms with van der Waals surface area (Å²) >= 11 is 0. The summed E-state index contributed by atoms with van der Waals surface area (Å²) < 4.78 is 1.45. The number of para-hydroxylation sites is 1. The van der Waals surface area contributed by atoms with E-state index in [1.165, 1.54) is 10.9 Å². The van der Waals surface area contributed by atoms with Gasteiger partial charge in [0, 0.05) is 25.6 Å². The van der Waals surface area contributed by atoms with Crippen LogP contribution >= 0.6 is 0 Å². The van der Waals surface area contributed by atoms with Crippen molar-refractivity contribution in [3.8, 4) is 0 Å². The van der Waals surface area contributed by atoms with Crippen molar-refractivity contribution in [1.29, 1.82) is 0 Å². The monoisotopic (exact) mass is 303 g/mol. The standard InChI is InChI=1S/C16H21N3O3/c1-2-12(8-10-20)18-15(21)7-9-19-11-17-14-6-4-3-5-13(14)16(19)22/h3-6,11-12,20H,2,7-10H2,1H3,(H,18,21). The molecule has 1 aromatic heterocycles. The Kier molecular flexibility index (Phi) is 5.66. The van der Waals surface area contributed by atoms with Gasteiger partial charge < -0.3 is 10.4 Å². The Morgan fingerprint density at radius 2 is 2.18 bits per heavy atom. The van der Waals surface area contributed by atoms with Gasteiger partial charge in [-0.15, -0.1) is 0 Å². The zero-order valence-corrected chi connectivity index (χ0v) is 12.7. The van der Waals surface area contributed by atoms with Crippen LogP contribution in [0.4, 0.5) is 0 Å². The van der Waals surface area contributed by atoms with Gasteiger partial charge in [0.1, 0.15) is 0 Å². The van der Waals surface area contributed by atoms with E-state index in [-0.39, 0.29) is 37.1 Å². The number of nitrogens with zero attached hydrogens (tertiary/aromatic N) is 2. The molecule has 0 fully saturated rings. The molecule has 1 amide bonds. The Morgan fingerprint density at radius 3 is 2.91 bits per heavy atom. The molecular formula is C16H21N3O3. The van der Waals surface area contributed by atoms with Crippen molar-refractivity contribution in [3.63, 3.8) is 0 Å². The normalized spacial score (nSPS) is 12.3. The number of nitrogens with one attached hydrogen (secondary N) is 1. The molecule has 6 heteroatoms. The van der Waals surface area contributed by atoms with E-state index in [2.05, 4.69) is 10.3 Å². The summed E-state index contributed by atoms with van der Waals surface area (Å²) in [7, 11) is 0. The van der Waals surface area contributed by atoms with Gasteiger partial charge in [-0.2, -0.15) is 0 Å². The number of benzene rings is 1. The van der Waals surface area contributed by atoms with Gasteiger partial charge in [0.15, 0.2) is 0 Å². The van der Waals surface area contributed by atoms with Crippen LogP contribution in [0, 0.1) is 0 Å². The third-order valence-electron chi connectivity index (χ3n) is 3.65. The Hall–Kier alpha value is -2.21. The van der Waals surface area contributed by atoms with Gasteiger partial charge in [0.2, 0.25) is 5.91 Å². The second-order valence-corrected chi connectivity index (χ2v) is 5.20. The minimum absolute atomic E-state index is 0.0241.